The van der Waals surface area contributed by atoms with E-state index in [0.717, 1.165) is 22.6 Å². The van der Waals surface area contributed by atoms with Crippen molar-refractivity contribution < 1.29 is 19.1 Å². The van der Waals surface area contributed by atoms with Crippen LogP contribution in [0.15, 0.2) is 54.6 Å². The summed E-state index contributed by atoms with van der Waals surface area (Å²) in [6.07, 6.45) is -0.622. The normalized spacial score (nSPS) is 12.8. The van der Waals surface area contributed by atoms with Gasteiger partial charge in [0.05, 0.1) is 12.1 Å². The number of amides is 2. The summed E-state index contributed by atoms with van der Waals surface area (Å²) in [5, 5.41) is 6.00. The van der Waals surface area contributed by atoms with Gasteiger partial charge in [0.15, 0.2) is 0 Å². The highest BCUT2D eigenvalue weighted by molar-refractivity contribution is 6.01. The lowest BCUT2D eigenvalue weighted by Gasteiger charge is -2.20. The van der Waals surface area contributed by atoms with Gasteiger partial charge in [0.2, 0.25) is 0 Å². The maximum absolute atomic E-state index is 12.8. The molecule has 3 aromatic rings. The number of aryl methyl sites for hydroxylation is 1. The van der Waals surface area contributed by atoms with Crippen molar-refractivity contribution in [2.45, 2.75) is 53.3 Å². The highest BCUT2D eigenvalue weighted by Gasteiger charge is 2.30. The standard InChI is InChI=1S/C28H32N4O4/c1-6-32-17-23-22(26(32)33)15-24(31-27(34)36-28(3,4)5)30-25(23)29-16-19-9-13-21(14-10-19)35-20-11-7-18(2)8-12-20/h7-15H,6,16-17H2,1-5H3,(H2,29,30,31,34). The van der Waals surface area contributed by atoms with Crippen LogP contribution in [0.2, 0.25) is 0 Å². The Kier molecular flexibility index (Phi) is 7.15. The molecular weight excluding hydrogens is 456 g/mol. The molecule has 0 saturated heterocycles. The van der Waals surface area contributed by atoms with Crippen molar-refractivity contribution in [3.8, 4) is 11.5 Å². The Balaban J connectivity index is 1.49. The highest BCUT2D eigenvalue weighted by Crippen LogP contribution is 2.31. The Hall–Kier alpha value is -4.07. The van der Waals surface area contributed by atoms with E-state index in [1.54, 1.807) is 31.7 Å². The molecule has 0 aliphatic carbocycles. The molecule has 36 heavy (non-hydrogen) atoms. The molecular formula is C28H32N4O4. The lowest BCUT2D eigenvalue weighted by Crippen LogP contribution is -2.27. The van der Waals surface area contributed by atoms with Gasteiger partial charge in [0.1, 0.15) is 28.7 Å². The molecule has 4 rings (SSSR count). The number of fused-ring (bicyclic) bond motifs is 1. The van der Waals surface area contributed by atoms with Gasteiger partial charge >= 0.3 is 6.09 Å². The summed E-state index contributed by atoms with van der Waals surface area (Å²) < 4.78 is 11.2. The van der Waals surface area contributed by atoms with Gasteiger partial charge in [0, 0.05) is 18.7 Å². The summed E-state index contributed by atoms with van der Waals surface area (Å²) in [4.78, 5) is 31.5. The largest absolute Gasteiger partial charge is 0.457 e. The molecule has 1 aliphatic heterocycles. The zero-order valence-corrected chi connectivity index (χ0v) is 21.3. The fourth-order valence-electron chi connectivity index (χ4n) is 3.83. The molecule has 0 saturated carbocycles. The van der Waals surface area contributed by atoms with Crippen molar-refractivity contribution in [3.63, 3.8) is 0 Å². The summed E-state index contributed by atoms with van der Waals surface area (Å²) >= 11 is 0. The van der Waals surface area contributed by atoms with Crippen molar-refractivity contribution in [1.82, 2.24) is 9.88 Å². The van der Waals surface area contributed by atoms with Crippen molar-refractivity contribution in [3.05, 3.63) is 76.9 Å². The topological polar surface area (TPSA) is 92.8 Å². The maximum Gasteiger partial charge on any atom is 0.413 e. The average Bonchev–Trinajstić information content (AvgIpc) is 3.14. The van der Waals surface area contributed by atoms with Gasteiger partial charge in [-0.1, -0.05) is 29.8 Å². The predicted molar refractivity (Wildman–Crippen MR) is 140 cm³/mol. The SMILES string of the molecule is CCN1Cc2c(cc(NC(=O)OC(C)(C)C)nc2NCc2ccc(Oc3ccc(C)cc3)cc2)C1=O. The van der Waals surface area contributed by atoms with Crippen molar-refractivity contribution in [2.75, 3.05) is 17.2 Å². The zero-order valence-electron chi connectivity index (χ0n) is 21.3. The molecule has 2 heterocycles. The van der Waals surface area contributed by atoms with Crippen molar-refractivity contribution >= 4 is 23.6 Å². The summed E-state index contributed by atoms with van der Waals surface area (Å²) in [6, 6.07) is 17.3. The minimum Gasteiger partial charge on any atom is -0.457 e. The number of carbonyl (C=O) groups excluding carboxylic acids is 2. The van der Waals surface area contributed by atoms with Crippen LogP contribution >= 0.6 is 0 Å². The third-order valence-corrected chi connectivity index (χ3v) is 5.64. The van der Waals surface area contributed by atoms with Crippen LogP contribution in [-0.4, -0.2) is 34.0 Å². The van der Waals surface area contributed by atoms with E-state index in [4.69, 9.17) is 9.47 Å². The highest BCUT2D eigenvalue weighted by atomic mass is 16.6. The predicted octanol–water partition coefficient (Wildman–Crippen LogP) is 6.12. The molecule has 2 N–H and O–H groups in total. The number of ether oxygens (including phenoxy) is 2. The quantitative estimate of drug-likeness (QED) is 0.416. The molecule has 2 aromatic carbocycles. The van der Waals surface area contributed by atoms with Gasteiger partial charge in [-0.25, -0.2) is 9.78 Å². The lowest BCUT2D eigenvalue weighted by molar-refractivity contribution is 0.0634. The van der Waals surface area contributed by atoms with E-state index in [1.165, 1.54) is 5.56 Å². The van der Waals surface area contributed by atoms with E-state index in [9.17, 15) is 9.59 Å². The number of benzene rings is 2. The molecule has 0 unspecified atom stereocenters. The van der Waals surface area contributed by atoms with Crippen LogP contribution in [-0.2, 0) is 17.8 Å². The monoisotopic (exact) mass is 488 g/mol. The number of rotatable bonds is 7. The molecule has 0 bridgehead atoms. The second kappa shape index (κ2) is 10.3. The second-order valence-electron chi connectivity index (χ2n) is 9.74. The smallest absolute Gasteiger partial charge is 0.413 e. The lowest BCUT2D eigenvalue weighted by atomic mass is 10.1. The molecule has 0 fully saturated rings. The van der Waals surface area contributed by atoms with Crippen LogP contribution in [0.4, 0.5) is 16.4 Å². The molecule has 188 valence electrons. The van der Waals surface area contributed by atoms with E-state index in [-0.39, 0.29) is 11.7 Å². The first-order valence-corrected chi connectivity index (χ1v) is 12.0. The number of hydrogen-bond donors (Lipinski definition) is 2. The summed E-state index contributed by atoms with van der Waals surface area (Å²) in [5.74, 6) is 2.27. The number of carbonyl (C=O) groups is 2. The van der Waals surface area contributed by atoms with E-state index >= 15 is 0 Å². The number of pyridine rings is 1. The van der Waals surface area contributed by atoms with Gasteiger partial charge in [-0.3, -0.25) is 10.1 Å². The van der Waals surface area contributed by atoms with Gasteiger partial charge in [-0.05, 0) is 70.5 Å². The number of aromatic nitrogens is 1. The van der Waals surface area contributed by atoms with Crippen LogP contribution in [0.5, 0.6) is 11.5 Å². The first kappa shape index (κ1) is 25.0. The van der Waals surface area contributed by atoms with Gasteiger partial charge in [-0.15, -0.1) is 0 Å². The van der Waals surface area contributed by atoms with Gasteiger partial charge < -0.3 is 19.7 Å². The molecule has 2 amide bonds. The summed E-state index contributed by atoms with van der Waals surface area (Å²) in [5.41, 5.74) is 2.90. The van der Waals surface area contributed by atoms with E-state index in [2.05, 4.69) is 15.6 Å². The summed E-state index contributed by atoms with van der Waals surface area (Å²) in [6.45, 7) is 10.9. The molecule has 8 heteroatoms. The third kappa shape index (κ3) is 6.13. The zero-order chi connectivity index (χ0) is 25.9. The number of anilines is 2. The van der Waals surface area contributed by atoms with Gasteiger partial charge in [0.25, 0.3) is 5.91 Å². The molecule has 8 nitrogen and oxygen atoms in total. The Morgan fingerprint density at radius 3 is 2.31 bits per heavy atom. The second-order valence-corrected chi connectivity index (χ2v) is 9.74. The van der Waals surface area contributed by atoms with Crippen molar-refractivity contribution in [2.24, 2.45) is 0 Å². The Morgan fingerprint density at radius 1 is 1.06 bits per heavy atom. The molecule has 0 atom stereocenters. The van der Waals surface area contributed by atoms with E-state index in [0.29, 0.717) is 31.0 Å². The minimum atomic E-state index is -0.647. The number of hydrogen-bond acceptors (Lipinski definition) is 6. The molecule has 0 radical (unpaired) electrons. The van der Waals surface area contributed by atoms with Crippen LogP contribution in [0.25, 0.3) is 0 Å². The first-order chi connectivity index (χ1) is 17.1. The molecule has 0 spiro atoms. The first-order valence-electron chi connectivity index (χ1n) is 12.0. The Morgan fingerprint density at radius 2 is 1.69 bits per heavy atom. The van der Waals surface area contributed by atoms with E-state index < -0.39 is 11.7 Å². The minimum absolute atomic E-state index is 0.0807. The van der Waals surface area contributed by atoms with Gasteiger partial charge in [-0.2, -0.15) is 0 Å². The number of nitrogens with zero attached hydrogens (tertiary/aromatic N) is 2. The average molecular weight is 489 g/mol. The third-order valence-electron chi connectivity index (χ3n) is 5.64. The molecule has 1 aromatic heterocycles. The van der Waals surface area contributed by atoms with Crippen LogP contribution in [0.3, 0.4) is 0 Å². The summed E-state index contributed by atoms with van der Waals surface area (Å²) in [7, 11) is 0. The van der Waals surface area contributed by atoms with E-state index in [1.807, 2.05) is 62.4 Å². The Labute approximate surface area is 211 Å². The fourth-order valence-corrected chi connectivity index (χ4v) is 3.83. The van der Waals surface area contributed by atoms with Crippen molar-refractivity contribution in [1.29, 1.82) is 0 Å². The van der Waals surface area contributed by atoms with Crippen LogP contribution < -0.4 is 15.4 Å². The van der Waals surface area contributed by atoms with Crippen LogP contribution in [0.1, 0.15) is 54.7 Å². The molecule has 1 aliphatic rings. The maximum atomic E-state index is 12.8. The van der Waals surface area contributed by atoms with Crippen LogP contribution in [0, 0.1) is 6.92 Å². The fraction of sp³-hybridized carbons (Fsp3) is 0.321. The number of nitrogens with one attached hydrogen (secondary N) is 2. The Bertz CT molecular complexity index is 1250.